The van der Waals surface area contributed by atoms with Crippen LogP contribution in [0.4, 0.5) is 15.9 Å². The summed E-state index contributed by atoms with van der Waals surface area (Å²) in [5.41, 5.74) is 1.91. The Morgan fingerprint density at radius 1 is 1.26 bits per heavy atom. The number of hydrogen-bond donors (Lipinski definition) is 0. The van der Waals surface area contributed by atoms with E-state index in [0.29, 0.717) is 44.4 Å². The van der Waals surface area contributed by atoms with Crippen molar-refractivity contribution in [3.63, 3.8) is 0 Å². The van der Waals surface area contributed by atoms with Gasteiger partial charge in [-0.05, 0) is 42.1 Å². The molecule has 3 heterocycles. The summed E-state index contributed by atoms with van der Waals surface area (Å²) in [6.45, 7) is 2.91. The average Bonchev–Trinajstić information content (AvgIpc) is 3.45. The minimum absolute atomic E-state index is 0.0333. The molecule has 1 saturated carbocycles. The number of anilines is 2. The first-order chi connectivity index (χ1) is 13.1. The number of aromatic nitrogens is 2. The van der Waals surface area contributed by atoms with Crippen molar-refractivity contribution in [1.29, 1.82) is 0 Å². The number of ether oxygens (including phenoxy) is 1. The van der Waals surface area contributed by atoms with Gasteiger partial charge in [-0.25, -0.2) is 14.4 Å². The molecule has 3 aliphatic rings. The van der Waals surface area contributed by atoms with Crippen LogP contribution in [0.3, 0.4) is 0 Å². The summed E-state index contributed by atoms with van der Waals surface area (Å²) < 4.78 is 19.3. The lowest BCUT2D eigenvalue weighted by atomic mass is 9.98. The van der Waals surface area contributed by atoms with E-state index in [1.165, 1.54) is 12.1 Å². The number of halogens is 2. The molecule has 0 bridgehead atoms. The van der Waals surface area contributed by atoms with Gasteiger partial charge in [0.25, 0.3) is 0 Å². The van der Waals surface area contributed by atoms with Crippen LogP contribution in [0.5, 0.6) is 0 Å². The molecule has 27 heavy (non-hydrogen) atoms. The van der Waals surface area contributed by atoms with Gasteiger partial charge in [0.1, 0.15) is 11.6 Å². The normalized spacial score (nSPS) is 20.3. The molecule has 2 fully saturated rings. The monoisotopic (exact) mass is 388 g/mol. The molecule has 0 radical (unpaired) electrons. The number of nitrogens with zero attached hydrogens (tertiary/aromatic N) is 4. The summed E-state index contributed by atoms with van der Waals surface area (Å²) in [5, 5.41) is 0.165. The molecule has 8 heteroatoms. The molecule has 1 aliphatic carbocycles. The van der Waals surface area contributed by atoms with Gasteiger partial charge in [0.15, 0.2) is 0 Å². The Morgan fingerprint density at radius 2 is 2.04 bits per heavy atom. The molecule has 1 aromatic carbocycles. The summed E-state index contributed by atoms with van der Waals surface area (Å²) in [7, 11) is 0. The number of hydrogen-bond acceptors (Lipinski definition) is 5. The van der Waals surface area contributed by atoms with Crippen LogP contribution in [-0.2, 0) is 21.5 Å². The molecule has 1 spiro atoms. The number of carbonyl (C=O) groups is 1. The van der Waals surface area contributed by atoms with Gasteiger partial charge in [0.05, 0.1) is 30.9 Å². The van der Waals surface area contributed by atoms with Gasteiger partial charge < -0.3 is 14.5 Å². The lowest BCUT2D eigenvalue weighted by molar-refractivity contribution is -0.120. The molecule has 2 aromatic rings. The van der Waals surface area contributed by atoms with E-state index in [4.69, 9.17) is 16.3 Å². The Bertz CT molecular complexity index is 928. The van der Waals surface area contributed by atoms with E-state index in [1.807, 2.05) is 0 Å². The van der Waals surface area contributed by atoms with E-state index in [1.54, 1.807) is 17.2 Å². The van der Waals surface area contributed by atoms with E-state index in [0.717, 1.165) is 24.0 Å². The second-order valence-corrected chi connectivity index (χ2v) is 7.56. The summed E-state index contributed by atoms with van der Waals surface area (Å²) in [5.74, 6) is 0.400. The Hall–Kier alpha value is -2.25. The molecule has 6 nitrogen and oxygen atoms in total. The molecule has 0 atom stereocenters. The maximum absolute atomic E-state index is 13.9. The summed E-state index contributed by atoms with van der Waals surface area (Å²) in [6, 6.07) is 4.63. The molecular weight excluding hydrogens is 371 g/mol. The van der Waals surface area contributed by atoms with Gasteiger partial charge >= 0.3 is 0 Å². The highest BCUT2D eigenvalue weighted by Gasteiger charge is 2.59. The third-order valence-corrected chi connectivity index (χ3v) is 5.80. The first-order valence-electron chi connectivity index (χ1n) is 9.05. The maximum atomic E-state index is 13.9. The fraction of sp³-hybridized carbons (Fsp3) is 0.421. The zero-order valence-electron chi connectivity index (χ0n) is 14.6. The topological polar surface area (TPSA) is 58.6 Å². The van der Waals surface area contributed by atoms with Crippen molar-refractivity contribution in [2.45, 2.75) is 24.8 Å². The van der Waals surface area contributed by atoms with E-state index in [2.05, 4.69) is 14.9 Å². The minimum Gasteiger partial charge on any atom is -0.378 e. The van der Waals surface area contributed by atoms with Crippen LogP contribution in [0.25, 0.3) is 0 Å². The highest BCUT2D eigenvalue weighted by Crippen LogP contribution is 2.57. The van der Waals surface area contributed by atoms with Gasteiger partial charge in [-0.1, -0.05) is 6.07 Å². The Balaban J connectivity index is 1.53. The van der Waals surface area contributed by atoms with Crippen molar-refractivity contribution in [3.8, 4) is 0 Å². The first-order valence-corrected chi connectivity index (χ1v) is 9.42. The molecule has 0 N–H and O–H groups in total. The largest absolute Gasteiger partial charge is 0.378 e. The summed E-state index contributed by atoms with van der Waals surface area (Å²) in [6.07, 6.45) is 3.28. The Labute approximate surface area is 160 Å². The maximum Gasteiger partial charge on any atom is 0.238 e. The van der Waals surface area contributed by atoms with Crippen LogP contribution < -0.4 is 9.80 Å². The first kappa shape index (κ1) is 16.9. The molecule has 5 rings (SSSR count). The number of rotatable bonds is 3. The highest BCUT2D eigenvalue weighted by atomic mass is 35.5. The van der Waals surface area contributed by atoms with E-state index < -0.39 is 5.41 Å². The number of fused-ring (bicyclic) bond motifs is 2. The predicted molar refractivity (Wildman–Crippen MR) is 98.6 cm³/mol. The van der Waals surface area contributed by atoms with Crippen molar-refractivity contribution in [2.75, 3.05) is 36.1 Å². The number of morpholine rings is 1. The number of benzene rings is 1. The Morgan fingerprint density at radius 3 is 2.78 bits per heavy atom. The molecular formula is C19H18ClFN4O2. The molecule has 140 valence electrons. The zero-order valence-corrected chi connectivity index (χ0v) is 15.4. The highest BCUT2D eigenvalue weighted by molar-refractivity contribution is 6.28. The molecule has 0 unspecified atom stereocenters. The summed E-state index contributed by atoms with van der Waals surface area (Å²) in [4.78, 5) is 25.4. The van der Waals surface area contributed by atoms with Crippen molar-refractivity contribution in [3.05, 3.63) is 46.6 Å². The third-order valence-electron chi connectivity index (χ3n) is 5.62. The predicted octanol–water partition coefficient (Wildman–Crippen LogP) is 2.68. The van der Waals surface area contributed by atoms with E-state index in [9.17, 15) is 9.18 Å². The molecule has 2 aliphatic heterocycles. The summed E-state index contributed by atoms with van der Waals surface area (Å²) >= 11 is 6.03. The molecule has 1 saturated heterocycles. The quantitative estimate of drug-likeness (QED) is 0.757. The van der Waals surface area contributed by atoms with E-state index in [-0.39, 0.29) is 17.0 Å². The fourth-order valence-electron chi connectivity index (χ4n) is 4.09. The van der Waals surface area contributed by atoms with Crippen LogP contribution in [0.1, 0.15) is 24.0 Å². The second kappa shape index (κ2) is 6.14. The van der Waals surface area contributed by atoms with Gasteiger partial charge in [-0.2, -0.15) is 0 Å². The fourth-order valence-corrected chi connectivity index (χ4v) is 4.22. The van der Waals surface area contributed by atoms with Gasteiger partial charge in [0.2, 0.25) is 11.2 Å². The third kappa shape index (κ3) is 2.68. The standard InChI is InChI=1S/C19H18ClFN4O2/c20-18-22-10-12(16(23-18)24-5-7-27-8-6-24)11-25-15-9-13(21)1-2-14(15)19(3-4-19)17(25)26/h1-2,9-10H,3-8,11H2. The van der Waals surface area contributed by atoms with Crippen LogP contribution in [0.15, 0.2) is 24.4 Å². The van der Waals surface area contributed by atoms with Crippen molar-refractivity contribution in [1.82, 2.24) is 9.97 Å². The van der Waals surface area contributed by atoms with Crippen LogP contribution in [0.2, 0.25) is 5.28 Å². The van der Waals surface area contributed by atoms with Crippen LogP contribution >= 0.6 is 11.6 Å². The minimum atomic E-state index is -0.463. The van der Waals surface area contributed by atoms with Crippen LogP contribution in [-0.4, -0.2) is 42.2 Å². The SMILES string of the molecule is O=C1N(Cc2cnc(Cl)nc2N2CCOCC2)c2cc(F)ccc2C12CC2. The molecule has 1 aromatic heterocycles. The smallest absolute Gasteiger partial charge is 0.238 e. The Kier molecular flexibility index (Phi) is 3.84. The lowest BCUT2D eigenvalue weighted by Gasteiger charge is -2.30. The molecule has 1 amide bonds. The zero-order chi connectivity index (χ0) is 18.6. The lowest BCUT2D eigenvalue weighted by Crippen LogP contribution is -2.38. The van der Waals surface area contributed by atoms with Crippen LogP contribution in [0, 0.1) is 5.82 Å². The van der Waals surface area contributed by atoms with Crippen molar-refractivity contribution < 1.29 is 13.9 Å². The van der Waals surface area contributed by atoms with Gasteiger partial charge in [-0.3, -0.25) is 4.79 Å². The average molecular weight is 389 g/mol. The van der Waals surface area contributed by atoms with Crippen molar-refractivity contribution in [2.24, 2.45) is 0 Å². The van der Waals surface area contributed by atoms with E-state index >= 15 is 0 Å². The van der Waals surface area contributed by atoms with Gasteiger partial charge in [-0.15, -0.1) is 0 Å². The number of amides is 1. The number of carbonyl (C=O) groups excluding carboxylic acids is 1. The second-order valence-electron chi connectivity index (χ2n) is 7.22. The van der Waals surface area contributed by atoms with Gasteiger partial charge in [0, 0.05) is 24.8 Å². The van der Waals surface area contributed by atoms with Crippen molar-refractivity contribution >= 4 is 29.0 Å².